The van der Waals surface area contributed by atoms with E-state index in [1.165, 1.54) is 6.42 Å². The van der Waals surface area contributed by atoms with E-state index in [9.17, 15) is 0 Å². The Morgan fingerprint density at radius 1 is 1.05 bits per heavy atom. The first-order chi connectivity index (χ1) is 7.70. The molecule has 5 heteroatoms. The standard InChI is InChI=1S/C6H16NSi.C5H5.4CH3.2ClH.Ti/c1-6(2,3)7-8(4)5;1-2-4-5-3-1;;;;;;;/h8H,1-5H3;1-3H,4H2;4*1H3;2*1H;/q-1;;;;;;;;+3/p-2. The van der Waals surface area contributed by atoms with E-state index in [1.54, 1.807) is 3.88 Å². The van der Waals surface area contributed by atoms with E-state index in [4.69, 9.17) is 0 Å². The van der Waals surface area contributed by atoms with Crippen LogP contribution in [0, 0.1) is 0 Å². The predicted molar refractivity (Wildman–Crippen MR) is 85.8 cm³/mol. The molecule has 0 saturated heterocycles. The molecule has 0 aliphatic heterocycles. The van der Waals surface area contributed by atoms with E-state index < -0.39 is 23.2 Å². The third-order valence-corrected chi connectivity index (χ3v) is 23.0. The number of rotatable bonds is 3. The molecule has 0 fully saturated rings. The van der Waals surface area contributed by atoms with Crippen molar-refractivity contribution in [3.63, 3.8) is 0 Å². The molecule has 0 radical (unpaired) electrons. The van der Waals surface area contributed by atoms with Crippen molar-refractivity contribution in [1.82, 2.24) is 3.05 Å². The van der Waals surface area contributed by atoms with Crippen molar-refractivity contribution < 1.29 is 39.1 Å². The first-order valence-electron chi connectivity index (χ1n) is 7.33. The van der Waals surface area contributed by atoms with Gasteiger partial charge in [0.1, 0.15) is 0 Å². The van der Waals surface area contributed by atoms with E-state index in [2.05, 4.69) is 76.1 Å². The molecule has 20 heavy (non-hydrogen) atoms. The van der Waals surface area contributed by atoms with E-state index in [0.29, 0.717) is 0 Å². The number of hydrogen-bond donors (Lipinski definition) is 0. The molecule has 0 heterocycles. The van der Waals surface area contributed by atoms with E-state index >= 15 is 0 Å². The largest absolute Gasteiger partial charge is 1.00 e. The van der Waals surface area contributed by atoms with Crippen LogP contribution in [0.15, 0.2) is 22.1 Å². The molecule has 0 bridgehead atoms. The summed E-state index contributed by atoms with van der Waals surface area (Å²) in [5.74, 6) is 0. The number of allylic oxidation sites excluding steroid dienone is 4. The Labute approximate surface area is 139 Å². The van der Waals surface area contributed by atoms with Gasteiger partial charge in [-0.1, -0.05) is 0 Å². The number of hydrogen-bond acceptors (Lipinski definition) is 1. The molecule has 0 amide bonds. The Morgan fingerprint density at radius 2 is 1.50 bits per heavy atom. The molecule has 0 spiro atoms. The fourth-order valence-electron chi connectivity index (χ4n) is 4.87. The zero-order valence-electron chi connectivity index (χ0n) is 14.7. The van der Waals surface area contributed by atoms with Crippen molar-refractivity contribution in [2.45, 2.75) is 66.7 Å². The topological polar surface area (TPSA) is 3.24 Å². The van der Waals surface area contributed by atoms with Gasteiger partial charge in [-0.05, 0) is 0 Å². The Kier molecular flexibility index (Phi) is 6.81. The van der Waals surface area contributed by atoms with Crippen LogP contribution in [-0.4, -0.2) is 17.5 Å². The van der Waals surface area contributed by atoms with Gasteiger partial charge in [0.2, 0.25) is 0 Å². The quantitative estimate of drug-likeness (QED) is 0.588. The second kappa shape index (κ2) is 5.87. The van der Waals surface area contributed by atoms with Gasteiger partial charge in [-0.25, -0.2) is 0 Å². The van der Waals surface area contributed by atoms with Crippen molar-refractivity contribution in [2.75, 3.05) is 0 Å². The molecule has 1 rings (SSSR count). The van der Waals surface area contributed by atoms with Crippen LogP contribution in [0.4, 0.5) is 0 Å². The zero-order valence-corrected chi connectivity index (χ0v) is 18.9. The first-order valence-corrected chi connectivity index (χ1v) is 17.9. The van der Waals surface area contributed by atoms with Crippen LogP contribution in [0.1, 0.15) is 27.2 Å². The van der Waals surface area contributed by atoms with Crippen molar-refractivity contribution >= 4 is 8.96 Å². The minimum Gasteiger partial charge on any atom is -1.00 e. The SMILES string of the molecule is C[SiH](C)[N](C(C)(C)C)[Ti+2]([CH3])([CH3])([CH3])([CH3])[C]1=CC=CC1.[Cl-].[Cl-]. The van der Waals surface area contributed by atoms with E-state index in [1.807, 2.05) is 0 Å². The van der Waals surface area contributed by atoms with Crippen molar-refractivity contribution in [1.29, 1.82) is 0 Å². The van der Waals surface area contributed by atoms with Crippen molar-refractivity contribution in [2.24, 2.45) is 0 Å². The maximum atomic E-state index is 2.98. The minimum absolute atomic E-state index is 0. The number of halogens is 2. The third kappa shape index (κ3) is 4.24. The average molecular weight is 374 g/mol. The monoisotopic (exact) mass is 373 g/mol. The van der Waals surface area contributed by atoms with Crippen LogP contribution >= 0.6 is 0 Å². The van der Waals surface area contributed by atoms with Crippen molar-refractivity contribution in [3.05, 3.63) is 22.1 Å². The summed E-state index contributed by atoms with van der Waals surface area (Å²) in [7, 11) is -0.878. The van der Waals surface area contributed by atoms with E-state index in [-0.39, 0.29) is 30.4 Å². The first kappa shape index (κ1) is 23.2. The second-order valence-electron chi connectivity index (χ2n) is 9.96. The van der Waals surface area contributed by atoms with Crippen LogP contribution < -0.4 is 24.8 Å². The third-order valence-electron chi connectivity index (χ3n) is 4.52. The summed E-state index contributed by atoms with van der Waals surface area (Å²) in [6, 6.07) is 0. The van der Waals surface area contributed by atoms with Crippen LogP contribution in [-0.2, 0) is 14.3 Å². The summed E-state index contributed by atoms with van der Waals surface area (Å²) in [4.78, 5) is 0. The Bertz CT molecular complexity index is 412. The predicted octanol–water partition coefficient (Wildman–Crippen LogP) is -0.745. The smallest absolute Gasteiger partial charge is 1.00 e. The summed E-state index contributed by atoms with van der Waals surface area (Å²) in [5.41, 5.74) is 0.265. The maximum Gasteiger partial charge on any atom is -1.00 e. The molecular formula is C15H33Cl2NSiTi. The average Bonchev–Trinajstić information content (AvgIpc) is 2.46. The molecule has 1 aliphatic carbocycles. The van der Waals surface area contributed by atoms with Gasteiger partial charge in [0, 0.05) is 0 Å². The van der Waals surface area contributed by atoms with Gasteiger partial charge >= 0.3 is 115 Å². The van der Waals surface area contributed by atoms with E-state index in [0.717, 1.165) is 0 Å². The molecule has 0 aromatic carbocycles. The molecule has 0 N–H and O–H groups in total. The van der Waals surface area contributed by atoms with Gasteiger partial charge in [-0.2, -0.15) is 0 Å². The zero-order chi connectivity index (χ0) is 14.5. The molecule has 0 aromatic heterocycles. The minimum atomic E-state index is -3.28. The maximum absolute atomic E-state index is 3.28. The molecule has 0 saturated carbocycles. The van der Waals surface area contributed by atoms with Crippen molar-refractivity contribution in [3.8, 4) is 0 Å². The summed E-state index contributed by atoms with van der Waals surface area (Å²) in [6.45, 7) is 12.2. The summed E-state index contributed by atoms with van der Waals surface area (Å²) in [6.07, 6.45) is 8.14. The molecular weight excluding hydrogens is 341 g/mol. The van der Waals surface area contributed by atoms with Crippen LogP contribution in [0.3, 0.4) is 0 Å². The van der Waals surface area contributed by atoms with Crippen LogP contribution in [0.2, 0.25) is 34.0 Å². The second-order valence-corrected chi connectivity index (χ2v) is 30.9. The van der Waals surface area contributed by atoms with Gasteiger partial charge in [0.25, 0.3) is 0 Å². The Hall–Kier alpha value is 0.951. The summed E-state index contributed by atoms with van der Waals surface area (Å²) >= 11 is -3.28. The fraction of sp³-hybridized carbons (Fsp3) is 0.733. The molecule has 0 aromatic rings. The van der Waals surface area contributed by atoms with Crippen LogP contribution in [0.5, 0.6) is 0 Å². The molecule has 120 valence electrons. The molecule has 1 aliphatic rings. The van der Waals surface area contributed by atoms with Crippen LogP contribution in [0.25, 0.3) is 0 Å². The molecule has 0 unspecified atom stereocenters. The normalized spacial score (nSPS) is 17.2. The Morgan fingerprint density at radius 3 is 1.75 bits per heavy atom. The van der Waals surface area contributed by atoms with Gasteiger partial charge in [0.05, 0.1) is 0 Å². The van der Waals surface area contributed by atoms with Gasteiger partial charge in [-0.3, -0.25) is 0 Å². The summed E-state index contributed by atoms with van der Waals surface area (Å²) < 4.78 is 4.69. The fourth-order valence-corrected chi connectivity index (χ4v) is 28.4. The van der Waals surface area contributed by atoms with Gasteiger partial charge < -0.3 is 24.8 Å². The summed E-state index contributed by atoms with van der Waals surface area (Å²) in [5, 5.41) is 10.4. The molecule has 1 nitrogen and oxygen atoms in total. The van der Waals surface area contributed by atoms with Gasteiger partial charge in [0.15, 0.2) is 0 Å². The molecule has 0 atom stereocenters. The number of nitrogens with zero attached hydrogens (tertiary/aromatic N) is 1. The van der Waals surface area contributed by atoms with Gasteiger partial charge in [-0.15, -0.1) is 0 Å². The Balaban J connectivity index is 0.